The van der Waals surface area contributed by atoms with Crippen LogP contribution in [-0.4, -0.2) is 16.5 Å². The van der Waals surface area contributed by atoms with Crippen LogP contribution in [0.25, 0.3) is 72.3 Å². The highest BCUT2D eigenvalue weighted by Gasteiger charge is 2.15. The molecule has 1 aliphatic heterocycles. The third-order valence-electron chi connectivity index (χ3n) is 7.83. The number of rotatable bonds is 3. The predicted octanol–water partition coefficient (Wildman–Crippen LogP) is 9.38. The molecule has 0 unspecified atom stereocenters. The lowest BCUT2D eigenvalue weighted by atomic mass is 9.94. The van der Waals surface area contributed by atoms with Crippen molar-refractivity contribution in [2.75, 3.05) is 11.9 Å². The molecule has 1 aliphatic rings. The fraction of sp³-hybridized carbons (Fsp3) is 0.0270. The zero-order valence-corrected chi connectivity index (χ0v) is 21.8. The van der Waals surface area contributed by atoms with Crippen LogP contribution in [0.15, 0.2) is 127 Å². The SMILES string of the molecule is C1=Cc2cc(-c3ccc4ccc(-c5ccc6nc(-c7ccccc7)ccc6c5)cc4n3)c3ccccc3c2NC1. The Balaban J connectivity index is 1.21. The van der Waals surface area contributed by atoms with Crippen LogP contribution < -0.4 is 5.32 Å². The second-order valence-electron chi connectivity index (χ2n) is 10.3. The monoisotopic (exact) mass is 511 g/mol. The first-order chi connectivity index (χ1) is 19.8. The van der Waals surface area contributed by atoms with Crippen molar-refractivity contribution >= 4 is 44.3 Å². The molecule has 0 aliphatic carbocycles. The molecule has 2 aromatic heterocycles. The third kappa shape index (κ3) is 3.83. The largest absolute Gasteiger partial charge is 0.381 e. The second kappa shape index (κ2) is 9.18. The third-order valence-corrected chi connectivity index (χ3v) is 7.83. The van der Waals surface area contributed by atoms with Crippen LogP contribution in [0.5, 0.6) is 0 Å². The number of aromatic nitrogens is 2. The molecule has 0 saturated heterocycles. The van der Waals surface area contributed by atoms with Gasteiger partial charge >= 0.3 is 0 Å². The first-order valence-corrected chi connectivity index (χ1v) is 13.6. The summed E-state index contributed by atoms with van der Waals surface area (Å²) in [5, 5.41) is 8.25. The zero-order chi connectivity index (χ0) is 26.5. The van der Waals surface area contributed by atoms with E-state index < -0.39 is 0 Å². The number of benzene rings is 5. The average molecular weight is 512 g/mol. The Morgan fingerprint density at radius 1 is 0.525 bits per heavy atom. The van der Waals surface area contributed by atoms with Crippen molar-refractivity contribution in [3.8, 4) is 33.6 Å². The van der Waals surface area contributed by atoms with Gasteiger partial charge in [-0.05, 0) is 58.5 Å². The molecule has 0 radical (unpaired) electrons. The number of pyridine rings is 2. The molecule has 8 rings (SSSR count). The quantitative estimate of drug-likeness (QED) is 0.257. The standard InChI is InChI=1S/C37H25N3/c1-2-7-24(8-3-1)33-18-16-28-21-26(15-17-34(28)39-33)27-13-12-25-14-19-35(40-36(25)23-27)32-22-29-9-6-20-38-37(29)31-11-5-4-10-30(31)32/h1-19,21-23,38H,20H2. The Kier molecular flexibility index (Phi) is 5.20. The van der Waals surface area contributed by atoms with Crippen molar-refractivity contribution in [2.24, 2.45) is 0 Å². The Hall–Kier alpha value is -5.28. The summed E-state index contributed by atoms with van der Waals surface area (Å²) >= 11 is 0. The van der Waals surface area contributed by atoms with Crippen LogP contribution in [-0.2, 0) is 0 Å². The molecule has 1 N–H and O–H groups in total. The summed E-state index contributed by atoms with van der Waals surface area (Å²) in [6.07, 6.45) is 4.38. The summed E-state index contributed by atoms with van der Waals surface area (Å²) in [4.78, 5) is 10.1. The average Bonchev–Trinajstić information content (AvgIpc) is 3.04. The zero-order valence-electron chi connectivity index (χ0n) is 21.8. The summed E-state index contributed by atoms with van der Waals surface area (Å²) < 4.78 is 0. The minimum absolute atomic E-state index is 0.854. The van der Waals surface area contributed by atoms with Crippen LogP contribution in [0.2, 0.25) is 0 Å². The van der Waals surface area contributed by atoms with Gasteiger partial charge in [-0.2, -0.15) is 0 Å². The smallest absolute Gasteiger partial charge is 0.0716 e. The van der Waals surface area contributed by atoms with Crippen molar-refractivity contribution < 1.29 is 0 Å². The Bertz CT molecular complexity index is 2110. The van der Waals surface area contributed by atoms with E-state index in [1.165, 1.54) is 22.0 Å². The van der Waals surface area contributed by atoms with E-state index in [1.807, 2.05) is 18.2 Å². The van der Waals surface area contributed by atoms with Gasteiger partial charge in [-0.15, -0.1) is 0 Å². The molecule has 3 heteroatoms. The Morgan fingerprint density at radius 2 is 1.25 bits per heavy atom. The van der Waals surface area contributed by atoms with Gasteiger partial charge < -0.3 is 5.32 Å². The number of anilines is 1. The molecule has 7 aromatic rings. The van der Waals surface area contributed by atoms with E-state index in [9.17, 15) is 0 Å². The summed E-state index contributed by atoms with van der Waals surface area (Å²) in [7, 11) is 0. The molecular formula is C37H25N3. The van der Waals surface area contributed by atoms with E-state index in [4.69, 9.17) is 9.97 Å². The van der Waals surface area contributed by atoms with Crippen LogP contribution in [0.4, 0.5) is 5.69 Å². The minimum Gasteiger partial charge on any atom is -0.381 e. The number of hydrogen-bond donors (Lipinski definition) is 1. The molecule has 0 fully saturated rings. The van der Waals surface area contributed by atoms with Gasteiger partial charge in [0.1, 0.15) is 0 Å². The van der Waals surface area contributed by atoms with E-state index in [-0.39, 0.29) is 0 Å². The van der Waals surface area contributed by atoms with E-state index in [2.05, 4.69) is 121 Å². The van der Waals surface area contributed by atoms with Gasteiger partial charge in [0.2, 0.25) is 0 Å². The Morgan fingerprint density at radius 3 is 2.17 bits per heavy atom. The first-order valence-electron chi connectivity index (χ1n) is 13.6. The topological polar surface area (TPSA) is 37.8 Å². The highest BCUT2D eigenvalue weighted by molar-refractivity contribution is 6.07. The Labute approximate surface area is 232 Å². The van der Waals surface area contributed by atoms with E-state index in [1.54, 1.807) is 0 Å². The highest BCUT2D eigenvalue weighted by Crippen LogP contribution is 2.38. The number of nitrogens with zero attached hydrogens (tertiary/aromatic N) is 2. The van der Waals surface area contributed by atoms with Crippen molar-refractivity contribution in [1.29, 1.82) is 0 Å². The summed E-state index contributed by atoms with van der Waals surface area (Å²) in [6.45, 7) is 0.854. The van der Waals surface area contributed by atoms with Gasteiger partial charge in [0.05, 0.1) is 22.4 Å². The molecule has 40 heavy (non-hydrogen) atoms. The summed E-state index contributed by atoms with van der Waals surface area (Å²) in [5.41, 5.74) is 11.0. The van der Waals surface area contributed by atoms with Crippen LogP contribution in [0.3, 0.4) is 0 Å². The molecule has 0 atom stereocenters. The molecule has 0 amide bonds. The van der Waals surface area contributed by atoms with Crippen molar-refractivity contribution in [3.63, 3.8) is 0 Å². The highest BCUT2D eigenvalue weighted by atomic mass is 14.9. The first kappa shape index (κ1) is 22.7. The lowest BCUT2D eigenvalue weighted by Gasteiger charge is -2.18. The molecule has 0 saturated carbocycles. The van der Waals surface area contributed by atoms with Crippen LogP contribution in [0, 0.1) is 0 Å². The second-order valence-corrected chi connectivity index (χ2v) is 10.3. The predicted molar refractivity (Wildman–Crippen MR) is 168 cm³/mol. The van der Waals surface area contributed by atoms with Crippen LogP contribution in [0.1, 0.15) is 5.56 Å². The molecule has 0 bridgehead atoms. The lowest BCUT2D eigenvalue weighted by Crippen LogP contribution is -2.05. The lowest BCUT2D eigenvalue weighted by molar-refractivity contribution is 1.32. The molecule has 3 nitrogen and oxygen atoms in total. The van der Waals surface area contributed by atoms with Crippen molar-refractivity contribution in [3.05, 3.63) is 133 Å². The van der Waals surface area contributed by atoms with Gasteiger partial charge in [-0.3, -0.25) is 0 Å². The van der Waals surface area contributed by atoms with Gasteiger partial charge in [0.25, 0.3) is 0 Å². The number of nitrogens with one attached hydrogen (secondary N) is 1. The normalized spacial score (nSPS) is 12.5. The molecule has 0 spiro atoms. The van der Waals surface area contributed by atoms with Crippen molar-refractivity contribution in [2.45, 2.75) is 0 Å². The maximum absolute atomic E-state index is 5.18. The van der Waals surface area contributed by atoms with Gasteiger partial charge in [-0.25, -0.2) is 9.97 Å². The molecule has 188 valence electrons. The maximum Gasteiger partial charge on any atom is 0.0716 e. The molecular weight excluding hydrogens is 486 g/mol. The maximum atomic E-state index is 5.18. The van der Waals surface area contributed by atoms with Crippen molar-refractivity contribution in [1.82, 2.24) is 9.97 Å². The number of fused-ring (bicyclic) bond motifs is 5. The van der Waals surface area contributed by atoms with Crippen LogP contribution >= 0.6 is 0 Å². The van der Waals surface area contributed by atoms with Gasteiger partial charge in [-0.1, -0.05) is 97.1 Å². The summed E-state index contributed by atoms with van der Waals surface area (Å²) in [5.74, 6) is 0. The van der Waals surface area contributed by atoms with Gasteiger partial charge in [0.15, 0.2) is 0 Å². The fourth-order valence-corrected chi connectivity index (χ4v) is 5.81. The van der Waals surface area contributed by atoms with E-state index in [0.717, 1.165) is 62.0 Å². The molecule has 3 heterocycles. The van der Waals surface area contributed by atoms with Gasteiger partial charge in [0, 0.05) is 39.5 Å². The van der Waals surface area contributed by atoms with E-state index >= 15 is 0 Å². The fourth-order valence-electron chi connectivity index (χ4n) is 5.81. The van der Waals surface area contributed by atoms with E-state index in [0.29, 0.717) is 0 Å². The number of hydrogen-bond acceptors (Lipinski definition) is 3. The minimum atomic E-state index is 0.854. The molecule has 5 aromatic carbocycles. The summed E-state index contributed by atoms with van der Waals surface area (Å²) in [6, 6.07) is 42.8.